The van der Waals surface area contributed by atoms with E-state index in [0.29, 0.717) is 35.9 Å². The van der Waals surface area contributed by atoms with Gasteiger partial charge in [-0.05, 0) is 141 Å². The molecule has 0 aromatic rings. The second-order valence-electron chi connectivity index (χ2n) is 16.8. The first kappa shape index (κ1) is 36.2. The van der Waals surface area contributed by atoms with Gasteiger partial charge in [-0.2, -0.15) is 0 Å². The predicted octanol–water partition coefficient (Wildman–Crippen LogP) is 9.69. The quantitative estimate of drug-likeness (QED) is 0.176. The van der Waals surface area contributed by atoms with E-state index in [1.165, 1.54) is 47.4 Å². The van der Waals surface area contributed by atoms with Crippen LogP contribution in [0.3, 0.4) is 0 Å². The molecular formula is C42H65Cl2N3O2. The molecular weight excluding hydrogens is 649 g/mol. The summed E-state index contributed by atoms with van der Waals surface area (Å²) in [5.41, 5.74) is 6.78. The number of allylic oxidation sites excluding steroid dienone is 3. The minimum Gasteiger partial charge on any atom is -0.454 e. The molecule has 9 unspecified atom stereocenters. The van der Waals surface area contributed by atoms with Crippen LogP contribution in [0, 0.1) is 29.6 Å². The molecule has 0 amide bonds. The summed E-state index contributed by atoms with van der Waals surface area (Å²) >= 11 is 14.2. The van der Waals surface area contributed by atoms with E-state index in [4.69, 9.17) is 27.9 Å². The van der Waals surface area contributed by atoms with Crippen molar-refractivity contribution in [2.24, 2.45) is 29.6 Å². The lowest BCUT2D eigenvalue weighted by atomic mass is 9.62. The number of esters is 1. The Bertz CT molecular complexity index is 1270. The first-order valence-corrected chi connectivity index (χ1v) is 21.5. The Kier molecular flexibility index (Phi) is 10.9. The molecule has 274 valence electrons. The molecule has 1 saturated heterocycles. The summed E-state index contributed by atoms with van der Waals surface area (Å²) in [6.07, 6.45) is 18.3. The summed E-state index contributed by atoms with van der Waals surface area (Å²) in [4.78, 5) is 22.1. The molecule has 49 heavy (non-hydrogen) atoms. The van der Waals surface area contributed by atoms with Gasteiger partial charge in [0.25, 0.3) is 0 Å². The molecule has 0 N–H and O–H groups in total. The highest BCUT2D eigenvalue weighted by atomic mass is 35.5. The smallest absolute Gasteiger partial charge is 0.310 e. The summed E-state index contributed by atoms with van der Waals surface area (Å²) in [7, 11) is 0. The molecule has 4 saturated carbocycles. The van der Waals surface area contributed by atoms with Gasteiger partial charge in [0.15, 0.2) is 0 Å². The lowest BCUT2D eigenvalue weighted by Crippen LogP contribution is -2.48. The van der Waals surface area contributed by atoms with E-state index >= 15 is 0 Å². The highest BCUT2D eigenvalue weighted by Gasteiger charge is 2.60. The first-order chi connectivity index (χ1) is 23.7. The maximum absolute atomic E-state index is 14.1. The third kappa shape index (κ3) is 6.14. The van der Waals surface area contributed by atoms with E-state index < -0.39 is 5.60 Å². The zero-order valence-electron chi connectivity index (χ0n) is 31.5. The molecule has 5 nitrogen and oxygen atoms in total. The molecule has 7 heteroatoms. The number of rotatable bonds is 9. The van der Waals surface area contributed by atoms with Crippen LogP contribution in [0.4, 0.5) is 0 Å². The fraction of sp³-hybridized carbons (Fsp3) is 0.833. The van der Waals surface area contributed by atoms with Crippen molar-refractivity contribution in [2.45, 2.75) is 166 Å². The summed E-state index contributed by atoms with van der Waals surface area (Å²) in [6, 6.07) is 1.63. The van der Waals surface area contributed by atoms with E-state index in [1.807, 2.05) is 0 Å². The van der Waals surface area contributed by atoms with E-state index in [1.54, 1.807) is 0 Å². The van der Waals surface area contributed by atoms with Gasteiger partial charge in [-0.1, -0.05) is 26.7 Å². The number of fused-ring (bicyclic) bond motifs is 3. The minimum atomic E-state index is -0.555. The van der Waals surface area contributed by atoms with Gasteiger partial charge in [0.1, 0.15) is 5.60 Å². The Labute approximate surface area is 308 Å². The van der Waals surface area contributed by atoms with Crippen LogP contribution in [-0.4, -0.2) is 81.3 Å². The highest BCUT2D eigenvalue weighted by Crippen LogP contribution is 2.58. The molecule has 0 aromatic heterocycles. The van der Waals surface area contributed by atoms with Crippen molar-refractivity contribution < 1.29 is 9.53 Å². The molecule has 0 radical (unpaired) electrons. The molecule has 3 heterocycles. The van der Waals surface area contributed by atoms with Crippen LogP contribution in [0.5, 0.6) is 0 Å². The third-order valence-electron chi connectivity index (χ3n) is 14.9. The molecule has 0 bridgehead atoms. The third-order valence-corrected chi connectivity index (χ3v) is 15.7. The maximum Gasteiger partial charge on any atom is 0.310 e. The van der Waals surface area contributed by atoms with Gasteiger partial charge in [-0.3, -0.25) is 4.79 Å². The van der Waals surface area contributed by atoms with Crippen molar-refractivity contribution in [3.05, 3.63) is 34.2 Å². The summed E-state index contributed by atoms with van der Waals surface area (Å²) in [5.74, 6) is 1.54. The van der Waals surface area contributed by atoms with Gasteiger partial charge >= 0.3 is 5.97 Å². The van der Waals surface area contributed by atoms with Crippen molar-refractivity contribution in [1.82, 2.24) is 14.7 Å². The van der Waals surface area contributed by atoms with Crippen LogP contribution >= 0.6 is 23.2 Å². The van der Waals surface area contributed by atoms with Crippen LogP contribution in [-0.2, 0) is 9.53 Å². The van der Waals surface area contributed by atoms with Gasteiger partial charge < -0.3 is 19.4 Å². The number of halogens is 2. The fourth-order valence-corrected chi connectivity index (χ4v) is 13.4. The molecule has 3 aliphatic heterocycles. The van der Waals surface area contributed by atoms with Crippen molar-refractivity contribution in [1.29, 1.82) is 0 Å². The molecule has 4 aliphatic carbocycles. The number of alkyl halides is 2. The molecule has 7 rings (SSSR count). The average molecular weight is 715 g/mol. The molecule has 5 fully saturated rings. The Balaban J connectivity index is 1.42. The Morgan fingerprint density at radius 2 is 1.29 bits per heavy atom. The van der Waals surface area contributed by atoms with Crippen molar-refractivity contribution in [3.8, 4) is 0 Å². The molecule has 7 aliphatic rings. The van der Waals surface area contributed by atoms with Gasteiger partial charge in [0.2, 0.25) is 0 Å². The van der Waals surface area contributed by atoms with Crippen LogP contribution in [0.1, 0.15) is 131 Å². The van der Waals surface area contributed by atoms with Gasteiger partial charge in [-0.15, -0.1) is 23.2 Å². The van der Waals surface area contributed by atoms with E-state index in [9.17, 15) is 4.79 Å². The standard InChI is InChI=1S/C42H65Cl2N3O2/c1-7-45(8-2)31-19-15-28(16-20-31)42(36-14-12-11-13-32(36)41(48)49-42)25-35(39-26(5)46(9-3)37-21-17-29(43)23-33(37)39)40-27(6)47(10-4)38-22-18-30(44)24-34(38)40/h25,28-34,36-38H,7-24H2,1-6H3. The SMILES string of the molecule is CCN(CC)C1CCC(C2(C=C(C3=C(C)N(CC)C4CCC(Cl)CC34)C3=C(C)N(CC)C4CCC(Cl)CC34)OC(=O)C3CCCCC32)CC1. The van der Waals surface area contributed by atoms with Crippen LogP contribution in [0.15, 0.2) is 34.2 Å². The Morgan fingerprint density at radius 1 is 0.755 bits per heavy atom. The second-order valence-corrected chi connectivity index (χ2v) is 18.0. The maximum atomic E-state index is 14.1. The highest BCUT2D eigenvalue weighted by molar-refractivity contribution is 6.21. The number of carbonyl (C=O) groups excluding carboxylic acids is 1. The minimum absolute atomic E-state index is 0.0349. The summed E-state index contributed by atoms with van der Waals surface area (Å²) < 4.78 is 7.07. The van der Waals surface area contributed by atoms with Crippen LogP contribution < -0.4 is 0 Å². The molecule has 9 atom stereocenters. The number of hydrogen-bond acceptors (Lipinski definition) is 5. The monoisotopic (exact) mass is 713 g/mol. The van der Waals surface area contributed by atoms with Crippen molar-refractivity contribution in [3.63, 3.8) is 0 Å². The lowest BCUT2D eigenvalue weighted by molar-refractivity contribution is -0.152. The van der Waals surface area contributed by atoms with Crippen molar-refractivity contribution in [2.75, 3.05) is 26.2 Å². The topological polar surface area (TPSA) is 36.0 Å². The molecule has 0 spiro atoms. The van der Waals surface area contributed by atoms with Crippen LogP contribution in [0.2, 0.25) is 0 Å². The number of nitrogens with zero attached hydrogens (tertiary/aromatic N) is 3. The van der Waals surface area contributed by atoms with Crippen molar-refractivity contribution >= 4 is 29.2 Å². The van der Waals surface area contributed by atoms with Gasteiger partial charge in [0, 0.05) is 77.0 Å². The zero-order valence-corrected chi connectivity index (χ0v) is 33.0. The Hall–Kier alpha value is -1.17. The number of cyclic esters (lactones) is 1. The second kappa shape index (κ2) is 14.7. The Morgan fingerprint density at radius 3 is 1.80 bits per heavy atom. The number of carbonyl (C=O) groups is 1. The van der Waals surface area contributed by atoms with E-state index in [2.05, 4.69) is 62.3 Å². The first-order valence-electron chi connectivity index (χ1n) is 20.6. The zero-order chi connectivity index (χ0) is 34.6. The normalized spacial score (nSPS) is 40.9. The molecule has 0 aromatic carbocycles. The van der Waals surface area contributed by atoms with E-state index in [-0.39, 0.29) is 28.6 Å². The average Bonchev–Trinajstić information content (AvgIpc) is 3.66. The van der Waals surface area contributed by atoms with Gasteiger partial charge in [0.05, 0.1) is 5.92 Å². The predicted molar refractivity (Wildman–Crippen MR) is 203 cm³/mol. The number of ether oxygens (including phenoxy) is 1. The largest absolute Gasteiger partial charge is 0.454 e. The lowest BCUT2D eigenvalue weighted by Gasteiger charge is -2.46. The number of hydrogen-bond donors (Lipinski definition) is 0. The van der Waals surface area contributed by atoms with Crippen LogP contribution in [0.25, 0.3) is 0 Å². The van der Waals surface area contributed by atoms with Gasteiger partial charge in [-0.25, -0.2) is 0 Å². The van der Waals surface area contributed by atoms with E-state index in [0.717, 1.165) is 96.8 Å². The fourth-order valence-electron chi connectivity index (χ4n) is 12.7. The summed E-state index contributed by atoms with van der Waals surface area (Å²) in [5, 5.41) is 0.415. The summed E-state index contributed by atoms with van der Waals surface area (Å²) in [6.45, 7) is 18.3.